The molecule has 1 heterocycles. The summed E-state index contributed by atoms with van der Waals surface area (Å²) < 4.78 is 0. The lowest BCUT2D eigenvalue weighted by Gasteiger charge is -2.19. The van der Waals surface area contributed by atoms with E-state index < -0.39 is 0 Å². The molecule has 0 aliphatic carbocycles. The Morgan fingerprint density at radius 2 is 2.16 bits per heavy atom. The van der Waals surface area contributed by atoms with Crippen molar-refractivity contribution in [2.75, 3.05) is 25.4 Å². The largest absolute Gasteiger partial charge is 0.399 e. The molecule has 0 aromatic heterocycles. The van der Waals surface area contributed by atoms with Gasteiger partial charge in [-0.15, -0.1) is 0 Å². The Morgan fingerprint density at radius 3 is 2.79 bits per heavy atom. The number of aliphatic hydroxyl groups excluding tert-OH is 1. The number of aliphatic hydroxyl groups is 1. The van der Waals surface area contributed by atoms with Crippen LogP contribution >= 0.6 is 0 Å². The molecule has 19 heavy (non-hydrogen) atoms. The van der Waals surface area contributed by atoms with Gasteiger partial charge in [-0.2, -0.15) is 0 Å². The zero-order chi connectivity index (χ0) is 13.7. The van der Waals surface area contributed by atoms with Crippen LogP contribution in [-0.4, -0.2) is 41.8 Å². The minimum absolute atomic E-state index is 0.0815. The molecule has 1 aromatic rings. The topological polar surface area (TPSA) is 78.6 Å². The fraction of sp³-hybridized carbons (Fsp3) is 0.500. The average molecular weight is 263 g/mol. The van der Waals surface area contributed by atoms with E-state index in [0.717, 1.165) is 32.4 Å². The Balaban J connectivity index is 1.68. The van der Waals surface area contributed by atoms with Crippen molar-refractivity contribution in [1.29, 1.82) is 0 Å². The fourth-order valence-corrected chi connectivity index (χ4v) is 2.29. The Morgan fingerprint density at radius 1 is 1.42 bits per heavy atom. The predicted molar refractivity (Wildman–Crippen MR) is 74.6 cm³/mol. The molecule has 1 saturated heterocycles. The van der Waals surface area contributed by atoms with Crippen LogP contribution in [0.4, 0.5) is 5.69 Å². The Hall–Kier alpha value is -1.59. The number of anilines is 1. The van der Waals surface area contributed by atoms with E-state index in [1.807, 2.05) is 0 Å². The average Bonchev–Trinajstić information content (AvgIpc) is 2.81. The van der Waals surface area contributed by atoms with Crippen molar-refractivity contribution in [3.8, 4) is 0 Å². The number of hydrogen-bond acceptors (Lipinski definition) is 4. The van der Waals surface area contributed by atoms with Crippen LogP contribution in [0.3, 0.4) is 0 Å². The summed E-state index contributed by atoms with van der Waals surface area (Å²) in [7, 11) is 0. The SMILES string of the molecule is Nc1ccc(C(=O)NCCCN2CCCC2O)cc1. The number of carbonyl (C=O) groups is 1. The van der Waals surface area contributed by atoms with Crippen molar-refractivity contribution in [3.05, 3.63) is 29.8 Å². The second-order valence-electron chi connectivity index (χ2n) is 4.89. The van der Waals surface area contributed by atoms with Gasteiger partial charge in [-0.25, -0.2) is 0 Å². The molecule has 0 radical (unpaired) electrons. The lowest BCUT2D eigenvalue weighted by molar-refractivity contribution is 0.0377. The van der Waals surface area contributed by atoms with Crippen molar-refractivity contribution >= 4 is 11.6 Å². The highest BCUT2D eigenvalue weighted by Gasteiger charge is 2.20. The fourth-order valence-electron chi connectivity index (χ4n) is 2.29. The van der Waals surface area contributed by atoms with E-state index in [-0.39, 0.29) is 12.1 Å². The minimum atomic E-state index is -0.298. The van der Waals surface area contributed by atoms with E-state index in [0.29, 0.717) is 17.8 Å². The smallest absolute Gasteiger partial charge is 0.251 e. The van der Waals surface area contributed by atoms with Gasteiger partial charge in [-0.3, -0.25) is 9.69 Å². The highest BCUT2D eigenvalue weighted by atomic mass is 16.3. The second-order valence-corrected chi connectivity index (χ2v) is 4.89. The van der Waals surface area contributed by atoms with Crippen LogP contribution in [0.25, 0.3) is 0 Å². The number of amides is 1. The number of benzene rings is 1. The maximum absolute atomic E-state index is 11.8. The van der Waals surface area contributed by atoms with Crippen LogP contribution in [-0.2, 0) is 0 Å². The Kier molecular flexibility index (Phi) is 4.76. The van der Waals surface area contributed by atoms with Gasteiger partial charge in [-0.05, 0) is 43.5 Å². The van der Waals surface area contributed by atoms with E-state index in [1.165, 1.54) is 0 Å². The molecule has 1 aromatic carbocycles. The highest BCUT2D eigenvalue weighted by Crippen LogP contribution is 2.14. The van der Waals surface area contributed by atoms with Crippen LogP contribution in [0.5, 0.6) is 0 Å². The molecule has 0 bridgehead atoms. The van der Waals surface area contributed by atoms with Crippen LogP contribution in [0.15, 0.2) is 24.3 Å². The van der Waals surface area contributed by atoms with Gasteiger partial charge in [0, 0.05) is 30.9 Å². The summed E-state index contributed by atoms with van der Waals surface area (Å²) in [6.45, 7) is 2.39. The molecule has 5 heteroatoms. The third-order valence-corrected chi connectivity index (χ3v) is 3.41. The molecule has 4 N–H and O–H groups in total. The van der Waals surface area contributed by atoms with Crippen molar-refractivity contribution in [2.24, 2.45) is 0 Å². The first-order chi connectivity index (χ1) is 9.16. The van der Waals surface area contributed by atoms with Gasteiger partial charge in [0.1, 0.15) is 6.23 Å². The van der Waals surface area contributed by atoms with Gasteiger partial charge >= 0.3 is 0 Å². The van der Waals surface area contributed by atoms with Gasteiger partial charge in [0.05, 0.1) is 0 Å². The quantitative estimate of drug-likeness (QED) is 0.542. The Bertz CT molecular complexity index is 419. The van der Waals surface area contributed by atoms with E-state index >= 15 is 0 Å². The summed E-state index contributed by atoms with van der Waals surface area (Å²) in [5.41, 5.74) is 6.84. The first-order valence-corrected chi connectivity index (χ1v) is 6.72. The summed E-state index contributed by atoms with van der Waals surface area (Å²) in [5.74, 6) is -0.0815. The van der Waals surface area contributed by atoms with Crippen LogP contribution in [0.2, 0.25) is 0 Å². The standard InChI is InChI=1S/C14H21N3O2/c15-12-6-4-11(5-7-12)14(19)16-8-2-10-17-9-1-3-13(17)18/h4-7,13,18H,1-3,8-10,15H2,(H,16,19). The zero-order valence-corrected chi connectivity index (χ0v) is 11.0. The molecule has 104 valence electrons. The lowest BCUT2D eigenvalue weighted by atomic mass is 10.2. The van der Waals surface area contributed by atoms with E-state index in [2.05, 4.69) is 10.2 Å². The number of nitrogens with zero attached hydrogens (tertiary/aromatic N) is 1. The van der Waals surface area contributed by atoms with Crippen LogP contribution < -0.4 is 11.1 Å². The molecule has 1 aliphatic rings. The second kappa shape index (κ2) is 6.54. The van der Waals surface area contributed by atoms with Crippen molar-refractivity contribution in [2.45, 2.75) is 25.5 Å². The third-order valence-electron chi connectivity index (χ3n) is 3.41. The number of nitrogen functional groups attached to an aromatic ring is 1. The molecule has 1 fully saturated rings. The van der Waals surface area contributed by atoms with Crippen molar-refractivity contribution < 1.29 is 9.90 Å². The summed E-state index contributed by atoms with van der Waals surface area (Å²) >= 11 is 0. The van der Waals surface area contributed by atoms with Gasteiger partial charge in [0.15, 0.2) is 0 Å². The molecular formula is C14H21N3O2. The Labute approximate surface area is 113 Å². The summed E-state index contributed by atoms with van der Waals surface area (Å²) in [6.07, 6.45) is 2.46. The number of nitrogens with one attached hydrogen (secondary N) is 1. The minimum Gasteiger partial charge on any atom is -0.399 e. The molecule has 2 rings (SSSR count). The maximum atomic E-state index is 11.8. The molecule has 0 saturated carbocycles. The summed E-state index contributed by atoms with van der Waals surface area (Å²) in [6, 6.07) is 6.87. The number of carbonyl (C=O) groups excluding carboxylic acids is 1. The molecular weight excluding hydrogens is 242 g/mol. The summed E-state index contributed by atoms with van der Waals surface area (Å²) in [4.78, 5) is 13.9. The van der Waals surface area contributed by atoms with E-state index in [9.17, 15) is 9.90 Å². The van der Waals surface area contributed by atoms with Gasteiger partial charge < -0.3 is 16.2 Å². The van der Waals surface area contributed by atoms with Crippen molar-refractivity contribution in [1.82, 2.24) is 10.2 Å². The van der Waals surface area contributed by atoms with Gasteiger partial charge in [0.25, 0.3) is 5.91 Å². The molecule has 1 atom stereocenters. The van der Waals surface area contributed by atoms with Gasteiger partial charge in [0.2, 0.25) is 0 Å². The third kappa shape index (κ3) is 3.94. The van der Waals surface area contributed by atoms with Gasteiger partial charge in [-0.1, -0.05) is 0 Å². The highest BCUT2D eigenvalue weighted by molar-refractivity contribution is 5.94. The van der Waals surface area contributed by atoms with Crippen molar-refractivity contribution in [3.63, 3.8) is 0 Å². The monoisotopic (exact) mass is 263 g/mol. The normalized spacial score (nSPS) is 19.5. The number of rotatable bonds is 5. The molecule has 1 unspecified atom stereocenters. The van der Waals surface area contributed by atoms with E-state index in [4.69, 9.17) is 5.73 Å². The number of likely N-dealkylation sites (tertiary alicyclic amines) is 1. The maximum Gasteiger partial charge on any atom is 0.251 e. The predicted octanol–water partition coefficient (Wildman–Crippen LogP) is 0.803. The van der Waals surface area contributed by atoms with Crippen LogP contribution in [0.1, 0.15) is 29.6 Å². The first-order valence-electron chi connectivity index (χ1n) is 6.72. The molecule has 1 aliphatic heterocycles. The van der Waals surface area contributed by atoms with Crippen LogP contribution in [0, 0.1) is 0 Å². The zero-order valence-electron chi connectivity index (χ0n) is 11.0. The first kappa shape index (κ1) is 13.8. The number of nitrogens with two attached hydrogens (primary N) is 1. The number of hydrogen-bond donors (Lipinski definition) is 3. The molecule has 0 spiro atoms. The lowest BCUT2D eigenvalue weighted by Crippen LogP contribution is -2.33. The summed E-state index contributed by atoms with van der Waals surface area (Å²) in [5, 5.41) is 12.5. The molecule has 5 nitrogen and oxygen atoms in total. The van der Waals surface area contributed by atoms with E-state index in [1.54, 1.807) is 24.3 Å². The molecule has 1 amide bonds.